The maximum absolute atomic E-state index is 11.5. The van der Waals surface area contributed by atoms with Gasteiger partial charge in [0.15, 0.2) is 0 Å². The first-order chi connectivity index (χ1) is 16.6. The van der Waals surface area contributed by atoms with E-state index in [1.165, 1.54) is 47.6 Å². The predicted molar refractivity (Wildman–Crippen MR) is 144 cm³/mol. The Morgan fingerprint density at radius 3 is 2.43 bits per heavy atom. The molecule has 1 N–H and O–H groups in total. The summed E-state index contributed by atoms with van der Waals surface area (Å²) in [6.07, 6.45) is 8.32. The molecule has 2 aliphatic rings. The SMILES string of the molecule is Cc1cc(OC2CCC(C(C)(C)CCC(C)C)CC2)c(CN2CCC(C(=O)O)C2)c2ccccc12. The molecule has 1 aliphatic carbocycles. The number of hydrogen-bond donors (Lipinski definition) is 1. The predicted octanol–water partition coefficient (Wildman–Crippen LogP) is 7.45. The number of rotatable bonds is 9. The Morgan fingerprint density at radius 1 is 1.11 bits per heavy atom. The molecular weight excluding hydrogens is 434 g/mol. The van der Waals surface area contributed by atoms with Crippen molar-refractivity contribution in [2.75, 3.05) is 13.1 Å². The highest BCUT2D eigenvalue weighted by atomic mass is 16.5. The number of fused-ring (bicyclic) bond motifs is 1. The number of aryl methyl sites for hydroxylation is 1. The first kappa shape index (κ1) is 26.0. The van der Waals surface area contributed by atoms with Gasteiger partial charge in [0.25, 0.3) is 0 Å². The maximum atomic E-state index is 11.5. The molecule has 0 aromatic heterocycles. The van der Waals surface area contributed by atoms with Gasteiger partial charge in [-0.05, 0) is 91.6 Å². The van der Waals surface area contributed by atoms with E-state index in [0.29, 0.717) is 12.0 Å². The van der Waals surface area contributed by atoms with Crippen LogP contribution >= 0.6 is 0 Å². The number of likely N-dealkylation sites (tertiary alicyclic amines) is 1. The summed E-state index contributed by atoms with van der Waals surface area (Å²) in [5.41, 5.74) is 2.86. The van der Waals surface area contributed by atoms with E-state index in [4.69, 9.17) is 4.74 Å². The van der Waals surface area contributed by atoms with Crippen molar-refractivity contribution >= 4 is 16.7 Å². The van der Waals surface area contributed by atoms with Gasteiger partial charge >= 0.3 is 5.97 Å². The molecule has 4 nitrogen and oxygen atoms in total. The highest BCUT2D eigenvalue weighted by Gasteiger charge is 2.34. The zero-order valence-corrected chi connectivity index (χ0v) is 22.5. The summed E-state index contributed by atoms with van der Waals surface area (Å²) >= 11 is 0. The third kappa shape index (κ3) is 6.20. The summed E-state index contributed by atoms with van der Waals surface area (Å²) in [6.45, 7) is 13.9. The Hall–Kier alpha value is -2.07. The molecule has 1 saturated carbocycles. The second-order valence-electron chi connectivity index (χ2n) is 12.3. The van der Waals surface area contributed by atoms with Gasteiger partial charge in [-0.25, -0.2) is 0 Å². The van der Waals surface area contributed by atoms with Gasteiger partial charge in [0.2, 0.25) is 0 Å². The number of ether oxygens (including phenoxy) is 1. The number of nitrogens with zero attached hydrogens (tertiary/aromatic N) is 1. The largest absolute Gasteiger partial charge is 0.490 e. The number of hydrogen-bond acceptors (Lipinski definition) is 3. The van der Waals surface area contributed by atoms with Crippen molar-refractivity contribution < 1.29 is 14.6 Å². The summed E-state index contributed by atoms with van der Waals surface area (Å²) in [5.74, 6) is 1.61. The molecule has 1 aliphatic heterocycles. The monoisotopic (exact) mass is 479 g/mol. The van der Waals surface area contributed by atoms with Crippen LogP contribution in [0.15, 0.2) is 30.3 Å². The molecule has 0 amide bonds. The Kier molecular flexibility index (Phi) is 8.10. The van der Waals surface area contributed by atoms with Crippen LogP contribution in [-0.2, 0) is 11.3 Å². The van der Waals surface area contributed by atoms with Crippen molar-refractivity contribution in [2.45, 2.75) is 92.2 Å². The molecule has 192 valence electrons. The lowest BCUT2D eigenvalue weighted by Crippen LogP contribution is -2.32. The standard InChI is InChI=1S/C31H45NO3/c1-21(2)14-16-31(4,5)24-10-12-25(13-11-24)35-29-18-22(3)26-8-6-7-9-27(26)28(29)20-32-17-15-23(19-32)30(33)34/h6-9,18,21,23-25H,10-17,19-20H2,1-5H3,(H,33,34). The van der Waals surface area contributed by atoms with Crippen molar-refractivity contribution in [1.29, 1.82) is 0 Å². The molecule has 1 heterocycles. The summed E-state index contributed by atoms with van der Waals surface area (Å²) in [5, 5.41) is 12.0. The molecule has 0 spiro atoms. The van der Waals surface area contributed by atoms with Crippen LogP contribution < -0.4 is 4.74 Å². The number of aliphatic carboxylic acids is 1. The lowest BCUT2D eigenvalue weighted by atomic mass is 9.68. The second-order valence-corrected chi connectivity index (χ2v) is 12.3. The molecule has 0 bridgehead atoms. The normalized spacial score (nSPS) is 23.8. The van der Waals surface area contributed by atoms with Crippen molar-refractivity contribution in [3.05, 3.63) is 41.5 Å². The van der Waals surface area contributed by atoms with Crippen molar-refractivity contribution in [3.63, 3.8) is 0 Å². The van der Waals surface area contributed by atoms with E-state index in [1.807, 2.05) is 0 Å². The number of carbonyl (C=O) groups is 1. The third-order valence-corrected chi connectivity index (χ3v) is 8.76. The lowest BCUT2D eigenvalue weighted by molar-refractivity contribution is -0.141. The molecule has 35 heavy (non-hydrogen) atoms. The van der Waals surface area contributed by atoms with Gasteiger partial charge in [-0.3, -0.25) is 9.69 Å². The molecule has 4 rings (SSSR count). The van der Waals surface area contributed by atoms with Crippen LogP contribution in [0, 0.1) is 30.1 Å². The molecule has 2 fully saturated rings. The van der Waals surface area contributed by atoms with E-state index in [0.717, 1.165) is 49.9 Å². The first-order valence-electron chi connectivity index (χ1n) is 13.8. The van der Waals surface area contributed by atoms with Gasteiger partial charge < -0.3 is 9.84 Å². The minimum Gasteiger partial charge on any atom is -0.490 e. The van der Waals surface area contributed by atoms with E-state index in [2.05, 4.69) is 69.9 Å². The molecule has 2 aromatic carbocycles. The first-order valence-corrected chi connectivity index (χ1v) is 13.8. The van der Waals surface area contributed by atoms with E-state index in [9.17, 15) is 9.90 Å². The molecule has 4 heteroatoms. The maximum Gasteiger partial charge on any atom is 0.307 e. The van der Waals surface area contributed by atoms with Crippen LogP contribution in [0.3, 0.4) is 0 Å². The third-order valence-electron chi connectivity index (χ3n) is 8.76. The molecule has 1 unspecified atom stereocenters. The van der Waals surface area contributed by atoms with E-state index >= 15 is 0 Å². The second kappa shape index (κ2) is 10.9. The average molecular weight is 480 g/mol. The van der Waals surface area contributed by atoms with Crippen molar-refractivity contribution in [3.8, 4) is 5.75 Å². The van der Waals surface area contributed by atoms with Crippen LogP contribution in [0.1, 0.15) is 83.8 Å². The fraction of sp³-hybridized carbons (Fsp3) is 0.645. The number of benzene rings is 2. The van der Waals surface area contributed by atoms with Gasteiger partial charge in [0.05, 0.1) is 12.0 Å². The Bertz CT molecular complexity index is 1020. The summed E-state index contributed by atoms with van der Waals surface area (Å²) in [4.78, 5) is 13.8. The van der Waals surface area contributed by atoms with Gasteiger partial charge in [-0.15, -0.1) is 0 Å². The van der Waals surface area contributed by atoms with Gasteiger partial charge in [-0.1, -0.05) is 58.4 Å². The Labute approximate surface area is 212 Å². The quantitative estimate of drug-likeness (QED) is 0.406. The fourth-order valence-corrected chi connectivity index (χ4v) is 6.26. The molecule has 1 saturated heterocycles. The smallest absolute Gasteiger partial charge is 0.307 e. The van der Waals surface area contributed by atoms with Crippen LogP contribution in [0.25, 0.3) is 10.8 Å². The summed E-state index contributed by atoms with van der Waals surface area (Å²) < 4.78 is 6.78. The van der Waals surface area contributed by atoms with Crippen molar-refractivity contribution in [2.24, 2.45) is 23.2 Å². The lowest BCUT2D eigenvalue weighted by Gasteiger charge is -2.40. The topological polar surface area (TPSA) is 49.8 Å². The molecular formula is C31H45NO3. The van der Waals surface area contributed by atoms with Crippen LogP contribution in [0.4, 0.5) is 0 Å². The Morgan fingerprint density at radius 2 is 1.80 bits per heavy atom. The zero-order chi connectivity index (χ0) is 25.2. The van der Waals surface area contributed by atoms with Crippen LogP contribution in [-0.4, -0.2) is 35.2 Å². The minimum absolute atomic E-state index is 0.259. The fourth-order valence-electron chi connectivity index (χ4n) is 6.26. The molecule has 0 radical (unpaired) electrons. The van der Waals surface area contributed by atoms with Crippen LogP contribution in [0.2, 0.25) is 0 Å². The number of carboxylic acid groups (broad SMARTS) is 1. The van der Waals surface area contributed by atoms with Gasteiger partial charge in [0.1, 0.15) is 5.75 Å². The van der Waals surface area contributed by atoms with E-state index in [1.54, 1.807) is 0 Å². The summed E-state index contributed by atoms with van der Waals surface area (Å²) in [7, 11) is 0. The highest BCUT2D eigenvalue weighted by Crippen LogP contribution is 2.43. The van der Waals surface area contributed by atoms with Gasteiger partial charge in [0, 0.05) is 18.7 Å². The van der Waals surface area contributed by atoms with Crippen molar-refractivity contribution in [1.82, 2.24) is 4.90 Å². The summed E-state index contributed by atoms with van der Waals surface area (Å²) in [6, 6.07) is 10.8. The van der Waals surface area contributed by atoms with E-state index in [-0.39, 0.29) is 12.0 Å². The molecule has 1 atom stereocenters. The minimum atomic E-state index is -0.675. The van der Waals surface area contributed by atoms with Gasteiger partial charge in [-0.2, -0.15) is 0 Å². The zero-order valence-electron chi connectivity index (χ0n) is 22.5. The van der Waals surface area contributed by atoms with Crippen LogP contribution in [0.5, 0.6) is 5.75 Å². The molecule has 2 aromatic rings. The van der Waals surface area contributed by atoms with E-state index < -0.39 is 5.97 Å². The Balaban J connectivity index is 1.49. The highest BCUT2D eigenvalue weighted by molar-refractivity contribution is 5.90. The number of carboxylic acids is 1. The average Bonchev–Trinajstić information content (AvgIpc) is 3.30.